The van der Waals surface area contributed by atoms with E-state index in [1.165, 1.54) is 26.3 Å². The van der Waals surface area contributed by atoms with Crippen LogP contribution in [0.4, 0.5) is 4.39 Å². The van der Waals surface area contributed by atoms with Gasteiger partial charge in [-0.2, -0.15) is 5.10 Å². The molecule has 2 heterocycles. The minimum atomic E-state index is -0.429. The Hall–Kier alpha value is -3.42. The third kappa shape index (κ3) is 5.59. The molecular formula is C23H26FN3O4. The van der Waals surface area contributed by atoms with E-state index in [9.17, 15) is 9.18 Å². The summed E-state index contributed by atoms with van der Waals surface area (Å²) in [5.74, 6) is 1.19. The fraction of sp³-hybridized carbons (Fsp3) is 0.348. The Kier molecular flexibility index (Phi) is 7.23. The van der Waals surface area contributed by atoms with Gasteiger partial charge >= 0.3 is 5.97 Å². The second-order valence-corrected chi connectivity index (χ2v) is 7.31. The molecule has 7 nitrogen and oxygen atoms in total. The molecule has 0 saturated carbocycles. The standard InChI is InChI=1S/C23H26FN3O4/c1-15(2)22-17(14-27(26-22)21-11-10-18(24)13-25-21)7-6-12-30-23-19(29-4)8-5-9-20(23)31-16(3)28/h5,8-11,13-15H,6-7,12H2,1-4H3. The lowest BCUT2D eigenvalue weighted by Crippen LogP contribution is -2.07. The van der Waals surface area contributed by atoms with Crippen molar-refractivity contribution in [2.45, 2.75) is 39.5 Å². The third-order valence-corrected chi connectivity index (χ3v) is 4.57. The number of benzene rings is 1. The van der Waals surface area contributed by atoms with Crippen LogP contribution in [0.3, 0.4) is 0 Å². The largest absolute Gasteiger partial charge is 0.493 e. The van der Waals surface area contributed by atoms with Gasteiger partial charge < -0.3 is 14.2 Å². The second kappa shape index (κ2) is 10.1. The topological polar surface area (TPSA) is 75.5 Å². The number of halogens is 1. The van der Waals surface area contributed by atoms with Crippen LogP contribution >= 0.6 is 0 Å². The van der Waals surface area contributed by atoms with Crippen LogP contribution in [-0.4, -0.2) is 34.5 Å². The number of carbonyl (C=O) groups is 1. The third-order valence-electron chi connectivity index (χ3n) is 4.57. The zero-order chi connectivity index (χ0) is 22.4. The molecule has 0 fully saturated rings. The van der Waals surface area contributed by atoms with Crippen LogP contribution in [0.2, 0.25) is 0 Å². The van der Waals surface area contributed by atoms with E-state index in [2.05, 4.69) is 23.9 Å². The number of carbonyl (C=O) groups excluding carboxylic acids is 1. The molecule has 0 radical (unpaired) electrons. The van der Waals surface area contributed by atoms with E-state index in [4.69, 9.17) is 14.2 Å². The number of methoxy groups -OCH3 is 1. The molecule has 0 amide bonds. The Morgan fingerprint density at radius 3 is 2.61 bits per heavy atom. The Morgan fingerprint density at radius 2 is 1.97 bits per heavy atom. The first-order chi connectivity index (χ1) is 14.9. The molecule has 3 rings (SSSR count). The average Bonchev–Trinajstić information content (AvgIpc) is 3.16. The number of hydrogen-bond donors (Lipinski definition) is 0. The fourth-order valence-electron chi connectivity index (χ4n) is 3.19. The second-order valence-electron chi connectivity index (χ2n) is 7.31. The molecular weight excluding hydrogens is 401 g/mol. The van der Waals surface area contributed by atoms with Crippen molar-refractivity contribution in [2.75, 3.05) is 13.7 Å². The maximum atomic E-state index is 13.2. The van der Waals surface area contributed by atoms with Crippen LogP contribution in [0.1, 0.15) is 44.4 Å². The number of para-hydroxylation sites is 1. The van der Waals surface area contributed by atoms with Crippen molar-refractivity contribution in [3.8, 4) is 23.1 Å². The Labute approximate surface area is 180 Å². The van der Waals surface area contributed by atoms with Crippen molar-refractivity contribution >= 4 is 5.97 Å². The van der Waals surface area contributed by atoms with E-state index >= 15 is 0 Å². The first-order valence-electron chi connectivity index (χ1n) is 10.1. The van der Waals surface area contributed by atoms with E-state index in [0.717, 1.165) is 17.7 Å². The molecule has 8 heteroatoms. The van der Waals surface area contributed by atoms with Gasteiger partial charge in [0, 0.05) is 13.1 Å². The lowest BCUT2D eigenvalue weighted by Gasteiger charge is -2.14. The molecule has 0 aliphatic rings. The van der Waals surface area contributed by atoms with Crippen LogP contribution < -0.4 is 14.2 Å². The number of esters is 1. The fourth-order valence-corrected chi connectivity index (χ4v) is 3.19. The predicted octanol–water partition coefficient (Wildman–Crippen LogP) is 4.48. The van der Waals surface area contributed by atoms with Crippen LogP contribution in [0.15, 0.2) is 42.7 Å². The summed E-state index contributed by atoms with van der Waals surface area (Å²) in [6.07, 6.45) is 4.53. The number of ether oxygens (including phenoxy) is 3. The normalized spacial score (nSPS) is 10.9. The van der Waals surface area contributed by atoms with Crippen LogP contribution in [0.25, 0.3) is 5.82 Å². The number of nitrogens with zero attached hydrogens (tertiary/aromatic N) is 3. The van der Waals surface area contributed by atoms with Gasteiger partial charge in [0.05, 0.1) is 25.6 Å². The summed E-state index contributed by atoms with van der Waals surface area (Å²) < 4.78 is 31.3. The zero-order valence-electron chi connectivity index (χ0n) is 18.1. The summed E-state index contributed by atoms with van der Waals surface area (Å²) in [6, 6.07) is 8.10. The highest BCUT2D eigenvalue weighted by Gasteiger charge is 2.16. The summed E-state index contributed by atoms with van der Waals surface area (Å²) in [4.78, 5) is 15.5. The maximum absolute atomic E-state index is 13.2. The lowest BCUT2D eigenvalue weighted by molar-refractivity contribution is -0.132. The molecule has 0 saturated heterocycles. The van der Waals surface area contributed by atoms with Crippen LogP contribution in [0, 0.1) is 5.82 Å². The highest BCUT2D eigenvalue weighted by Crippen LogP contribution is 2.37. The quantitative estimate of drug-likeness (QED) is 0.285. The highest BCUT2D eigenvalue weighted by atomic mass is 19.1. The molecule has 31 heavy (non-hydrogen) atoms. The Bertz CT molecular complexity index is 1030. The summed E-state index contributed by atoms with van der Waals surface area (Å²) in [7, 11) is 1.53. The highest BCUT2D eigenvalue weighted by molar-refractivity contribution is 5.71. The first-order valence-corrected chi connectivity index (χ1v) is 10.1. The van der Waals surface area contributed by atoms with Crippen molar-refractivity contribution in [1.29, 1.82) is 0 Å². The van der Waals surface area contributed by atoms with Crippen LogP contribution in [-0.2, 0) is 11.2 Å². The van der Waals surface area contributed by atoms with Gasteiger partial charge in [0.15, 0.2) is 17.3 Å². The molecule has 0 aliphatic heterocycles. The van der Waals surface area contributed by atoms with Gasteiger partial charge in [-0.1, -0.05) is 19.9 Å². The minimum absolute atomic E-state index is 0.224. The van der Waals surface area contributed by atoms with Crippen molar-refractivity contribution < 1.29 is 23.4 Å². The number of aromatic nitrogens is 3. The lowest BCUT2D eigenvalue weighted by atomic mass is 10.0. The van der Waals surface area contributed by atoms with E-state index in [-0.39, 0.29) is 11.7 Å². The predicted molar refractivity (Wildman–Crippen MR) is 114 cm³/mol. The Morgan fingerprint density at radius 1 is 1.19 bits per heavy atom. The molecule has 2 aromatic heterocycles. The first kappa shape index (κ1) is 22.3. The van der Waals surface area contributed by atoms with E-state index in [1.54, 1.807) is 28.9 Å². The van der Waals surface area contributed by atoms with Gasteiger partial charge in [0.1, 0.15) is 5.82 Å². The van der Waals surface area contributed by atoms with Gasteiger partial charge in [-0.25, -0.2) is 14.1 Å². The number of hydrogen-bond acceptors (Lipinski definition) is 6. The van der Waals surface area contributed by atoms with E-state index in [0.29, 0.717) is 36.1 Å². The minimum Gasteiger partial charge on any atom is -0.493 e. The van der Waals surface area contributed by atoms with Crippen molar-refractivity contribution in [2.24, 2.45) is 0 Å². The summed E-state index contributed by atoms with van der Waals surface area (Å²) in [5.41, 5.74) is 2.04. The van der Waals surface area contributed by atoms with Crippen molar-refractivity contribution in [1.82, 2.24) is 14.8 Å². The van der Waals surface area contributed by atoms with Crippen molar-refractivity contribution in [3.05, 3.63) is 59.8 Å². The van der Waals surface area contributed by atoms with E-state index < -0.39 is 5.97 Å². The summed E-state index contributed by atoms with van der Waals surface area (Å²) in [6.45, 7) is 5.88. The van der Waals surface area contributed by atoms with Gasteiger partial charge in [-0.05, 0) is 48.6 Å². The monoisotopic (exact) mass is 427 g/mol. The molecule has 0 unspecified atom stereocenters. The van der Waals surface area contributed by atoms with Gasteiger partial charge in [-0.15, -0.1) is 0 Å². The number of rotatable bonds is 9. The van der Waals surface area contributed by atoms with Gasteiger partial charge in [-0.3, -0.25) is 4.79 Å². The number of aryl methyl sites for hydroxylation is 1. The summed E-state index contributed by atoms with van der Waals surface area (Å²) >= 11 is 0. The molecule has 0 bridgehead atoms. The molecule has 1 aromatic carbocycles. The van der Waals surface area contributed by atoms with Crippen LogP contribution in [0.5, 0.6) is 17.2 Å². The zero-order valence-corrected chi connectivity index (χ0v) is 18.1. The summed E-state index contributed by atoms with van der Waals surface area (Å²) in [5, 5.41) is 4.63. The molecule has 164 valence electrons. The maximum Gasteiger partial charge on any atom is 0.308 e. The number of pyridine rings is 1. The van der Waals surface area contributed by atoms with Gasteiger partial charge in [0.2, 0.25) is 5.75 Å². The van der Waals surface area contributed by atoms with Gasteiger partial charge in [0.25, 0.3) is 0 Å². The van der Waals surface area contributed by atoms with Crippen molar-refractivity contribution in [3.63, 3.8) is 0 Å². The molecule has 0 N–H and O–H groups in total. The Balaban J connectivity index is 1.70. The SMILES string of the molecule is COc1cccc(OC(C)=O)c1OCCCc1cn(-c2ccc(F)cn2)nc1C(C)C. The molecule has 3 aromatic rings. The van der Waals surface area contributed by atoms with E-state index in [1.807, 2.05) is 6.20 Å². The smallest absolute Gasteiger partial charge is 0.308 e. The molecule has 0 aliphatic carbocycles. The average molecular weight is 427 g/mol. The molecule has 0 spiro atoms. The molecule has 0 atom stereocenters.